The maximum atomic E-state index is 12.7. The number of hydrogen-bond acceptors (Lipinski definition) is 6. The van der Waals surface area contributed by atoms with Crippen molar-refractivity contribution in [2.24, 2.45) is 0 Å². The third-order valence-electron chi connectivity index (χ3n) is 4.48. The van der Waals surface area contributed by atoms with E-state index in [9.17, 15) is 4.79 Å². The summed E-state index contributed by atoms with van der Waals surface area (Å²) in [6.07, 6.45) is 0. The van der Waals surface area contributed by atoms with E-state index in [-0.39, 0.29) is 18.4 Å². The van der Waals surface area contributed by atoms with Gasteiger partial charge in [-0.25, -0.2) is 9.97 Å². The van der Waals surface area contributed by atoms with E-state index in [1.165, 1.54) is 5.56 Å². The average Bonchev–Trinajstić information content (AvgIpc) is 3.12. The van der Waals surface area contributed by atoms with Crippen LogP contribution in [0.5, 0.6) is 11.5 Å². The van der Waals surface area contributed by atoms with Crippen molar-refractivity contribution in [1.29, 1.82) is 0 Å². The van der Waals surface area contributed by atoms with Crippen LogP contribution in [0.1, 0.15) is 27.3 Å². The van der Waals surface area contributed by atoms with Gasteiger partial charge in [-0.2, -0.15) is 0 Å². The van der Waals surface area contributed by atoms with Crippen molar-refractivity contribution >= 4 is 23.2 Å². The number of hydrogen-bond donors (Lipinski definition) is 2. The first-order valence-corrected chi connectivity index (χ1v) is 8.89. The number of carbonyl (C=O) groups excluding carboxylic acids is 1. The van der Waals surface area contributed by atoms with Gasteiger partial charge in [0.25, 0.3) is 5.91 Å². The number of rotatable bonds is 4. The molecule has 0 saturated carbocycles. The first-order valence-electron chi connectivity index (χ1n) is 8.89. The van der Waals surface area contributed by atoms with Crippen LogP contribution in [0.4, 0.5) is 17.3 Å². The fourth-order valence-electron chi connectivity index (χ4n) is 2.86. The van der Waals surface area contributed by atoms with Gasteiger partial charge in [-0.15, -0.1) is 0 Å². The highest BCUT2D eigenvalue weighted by atomic mass is 16.7. The number of aromatic nitrogens is 2. The largest absolute Gasteiger partial charge is 0.454 e. The van der Waals surface area contributed by atoms with Crippen LogP contribution in [0, 0.1) is 20.8 Å². The molecule has 2 aromatic carbocycles. The fourth-order valence-corrected chi connectivity index (χ4v) is 2.86. The van der Waals surface area contributed by atoms with Crippen molar-refractivity contribution in [3.63, 3.8) is 0 Å². The van der Waals surface area contributed by atoms with Gasteiger partial charge in [-0.1, -0.05) is 6.07 Å². The smallest absolute Gasteiger partial charge is 0.274 e. The van der Waals surface area contributed by atoms with E-state index < -0.39 is 0 Å². The van der Waals surface area contributed by atoms with Crippen molar-refractivity contribution in [3.8, 4) is 11.5 Å². The zero-order valence-corrected chi connectivity index (χ0v) is 15.9. The van der Waals surface area contributed by atoms with Crippen LogP contribution in [-0.2, 0) is 0 Å². The molecular formula is C21H20N4O3. The van der Waals surface area contributed by atoms with Gasteiger partial charge in [0.1, 0.15) is 5.69 Å². The molecule has 0 atom stereocenters. The predicted molar refractivity (Wildman–Crippen MR) is 106 cm³/mol. The third kappa shape index (κ3) is 3.73. The lowest BCUT2D eigenvalue weighted by Gasteiger charge is -2.10. The Kier molecular flexibility index (Phi) is 4.57. The summed E-state index contributed by atoms with van der Waals surface area (Å²) in [7, 11) is 0. The second-order valence-corrected chi connectivity index (χ2v) is 6.66. The molecule has 0 fully saturated rings. The molecule has 1 aromatic heterocycles. The molecule has 2 N–H and O–H groups in total. The number of fused-ring (bicyclic) bond motifs is 1. The van der Waals surface area contributed by atoms with E-state index >= 15 is 0 Å². The standard InChI is InChI=1S/C21H20N4O3/c1-12-4-5-15(8-13(12)2)23-20(26)17-9-14(3)22-21(25-17)24-16-6-7-18-19(10-16)28-11-27-18/h4-10H,11H2,1-3H3,(H,23,26)(H,22,24,25). The summed E-state index contributed by atoms with van der Waals surface area (Å²) in [5.74, 6) is 1.40. The highest BCUT2D eigenvalue weighted by molar-refractivity contribution is 6.03. The Morgan fingerprint density at radius 2 is 1.68 bits per heavy atom. The average molecular weight is 376 g/mol. The van der Waals surface area contributed by atoms with E-state index in [1.54, 1.807) is 6.07 Å². The normalized spacial score (nSPS) is 12.0. The molecule has 1 aliphatic rings. The van der Waals surface area contributed by atoms with E-state index in [0.717, 1.165) is 16.9 Å². The van der Waals surface area contributed by atoms with E-state index in [0.29, 0.717) is 23.1 Å². The molecule has 28 heavy (non-hydrogen) atoms. The Balaban J connectivity index is 1.54. The molecule has 0 aliphatic carbocycles. The topological polar surface area (TPSA) is 85.4 Å². The molecule has 4 rings (SSSR count). The molecule has 7 heteroatoms. The fraction of sp³-hybridized carbons (Fsp3) is 0.190. The van der Waals surface area contributed by atoms with Crippen LogP contribution in [0.25, 0.3) is 0 Å². The Labute approximate surface area is 162 Å². The number of aryl methyl sites for hydroxylation is 3. The minimum atomic E-state index is -0.289. The maximum absolute atomic E-state index is 12.7. The Morgan fingerprint density at radius 3 is 2.50 bits per heavy atom. The molecule has 0 spiro atoms. The summed E-state index contributed by atoms with van der Waals surface area (Å²) >= 11 is 0. The summed E-state index contributed by atoms with van der Waals surface area (Å²) in [4.78, 5) is 21.4. The van der Waals surface area contributed by atoms with Crippen molar-refractivity contribution in [2.75, 3.05) is 17.4 Å². The molecular weight excluding hydrogens is 356 g/mol. The molecule has 0 radical (unpaired) electrons. The number of nitrogens with one attached hydrogen (secondary N) is 2. The molecule has 2 heterocycles. The predicted octanol–water partition coefficient (Wildman–Crippen LogP) is 4.13. The lowest BCUT2D eigenvalue weighted by Crippen LogP contribution is -2.15. The first-order chi connectivity index (χ1) is 13.5. The van der Waals surface area contributed by atoms with Gasteiger partial charge in [0.15, 0.2) is 11.5 Å². The molecule has 0 bridgehead atoms. The second kappa shape index (κ2) is 7.19. The van der Waals surface area contributed by atoms with E-state index in [4.69, 9.17) is 9.47 Å². The summed E-state index contributed by atoms with van der Waals surface area (Å²) in [5.41, 5.74) is 4.73. The van der Waals surface area contributed by atoms with Gasteiger partial charge in [0.05, 0.1) is 0 Å². The van der Waals surface area contributed by atoms with Crippen molar-refractivity contribution in [3.05, 3.63) is 65.0 Å². The Morgan fingerprint density at radius 1 is 0.893 bits per heavy atom. The summed E-state index contributed by atoms with van der Waals surface area (Å²) < 4.78 is 10.7. The van der Waals surface area contributed by atoms with Crippen molar-refractivity contribution in [2.45, 2.75) is 20.8 Å². The first kappa shape index (κ1) is 17.8. The Hall–Kier alpha value is -3.61. The van der Waals surface area contributed by atoms with Gasteiger partial charge in [0, 0.05) is 23.1 Å². The number of anilines is 3. The summed E-state index contributed by atoms with van der Waals surface area (Å²) in [6, 6.07) is 12.9. The molecule has 142 valence electrons. The second-order valence-electron chi connectivity index (χ2n) is 6.66. The van der Waals surface area contributed by atoms with E-state index in [2.05, 4.69) is 20.6 Å². The minimum absolute atomic E-state index is 0.211. The Bertz CT molecular complexity index is 1070. The number of benzene rings is 2. The molecule has 7 nitrogen and oxygen atoms in total. The number of ether oxygens (including phenoxy) is 2. The lowest BCUT2D eigenvalue weighted by atomic mass is 10.1. The van der Waals surface area contributed by atoms with Crippen LogP contribution in [0.3, 0.4) is 0 Å². The van der Waals surface area contributed by atoms with Crippen LogP contribution in [0.2, 0.25) is 0 Å². The van der Waals surface area contributed by atoms with Crippen molar-refractivity contribution < 1.29 is 14.3 Å². The number of amides is 1. The van der Waals surface area contributed by atoms with Gasteiger partial charge < -0.3 is 20.1 Å². The SMILES string of the molecule is Cc1cc(C(=O)Nc2ccc(C)c(C)c2)nc(Nc2ccc3c(c2)OCO3)n1. The van der Waals surface area contributed by atoms with Crippen LogP contribution in [-0.4, -0.2) is 22.7 Å². The maximum Gasteiger partial charge on any atom is 0.274 e. The third-order valence-corrected chi connectivity index (χ3v) is 4.48. The highest BCUT2D eigenvalue weighted by Crippen LogP contribution is 2.34. The number of nitrogens with zero attached hydrogens (tertiary/aromatic N) is 2. The molecule has 0 unspecified atom stereocenters. The molecule has 1 aliphatic heterocycles. The summed E-state index contributed by atoms with van der Waals surface area (Å²) in [5, 5.41) is 6.00. The number of carbonyl (C=O) groups is 1. The zero-order valence-electron chi connectivity index (χ0n) is 15.9. The van der Waals surface area contributed by atoms with Crippen LogP contribution in [0.15, 0.2) is 42.5 Å². The monoisotopic (exact) mass is 376 g/mol. The van der Waals surface area contributed by atoms with Crippen LogP contribution < -0.4 is 20.1 Å². The van der Waals surface area contributed by atoms with E-state index in [1.807, 2.05) is 57.2 Å². The minimum Gasteiger partial charge on any atom is -0.454 e. The van der Waals surface area contributed by atoms with Gasteiger partial charge in [0.2, 0.25) is 12.7 Å². The highest BCUT2D eigenvalue weighted by Gasteiger charge is 2.15. The zero-order chi connectivity index (χ0) is 19.7. The van der Waals surface area contributed by atoms with Gasteiger partial charge >= 0.3 is 0 Å². The van der Waals surface area contributed by atoms with Gasteiger partial charge in [-0.05, 0) is 62.2 Å². The molecule has 3 aromatic rings. The lowest BCUT2D eigenvalue weighted by molar-refractivity contribution is 0.102. The van der Waals surface area contributed by atoms with Crippen molar-refractivity contribution in [1.82, 2.24) is 9.97 Å². The summed E-state index contributed by atoms with van der Waals surface area (Å²) in [6.45, 7) is 6.07. The van der Waals surface area contributed by atoms with Gasteiger partial charge in [-0.3, -0.25) is 4.79 Å². The molecule has 0 saturated heterocycles. The van der Waals surface area contributed by atoms with Crippen LogP contribution >= 0.6 is 0 Å². The quantitative estimate of drug-likeness (QED) is 0.712. The molecule has 1 amide bonds.